The van der Waals surface area contributed by atoms with Gasteiger partial charge in [-0.25, -0.2) is 0 Å². The Morgan fingerprint density at radius 1 is 1.29 bits per heavy atom. The largest absolute Gasteiger partial charge is 0.298 e. The lowest BCUT2D eigenvalue weighted by Gasteiger charge is -2.08. The van der Waals surface area contributed by atoms with Crippen LogP contribution in [0.2, 0.25) is 0 Å². The van der Waals surface area contributed by atoms with Crippen molar-refractivity contribution in [1.82, 2.24) is 0 Å². The fraction of sp³-hybridized carbons (Fsp3) is 0.308. The number of alkyl halides is 1. The van der Waals surface area contributed by atoms with Crippen LogP contribution in [0.5, 0.6) is 0 Å². The Balaban J connectivity index is 2.54. The topological polar surface area (TPSA) is 17.1 Å². The van der Waals surface area contributed by atoms with E-state index >= 15 is 0 Å². The van der Waals surface area contributed by atoms with E-state index in [1.54, 1.807) is 0 Å². The molecule has 0 aliphatic heterocycles. The molecule has 0 N–H and O–H groups in total. The second-order valence-electron chi connectivity index (χ2n) is 3.76. The van der Waals surface area contributed by atoms with Gasteiger partial charge in [0.25, 0.3) is 6.08 Å². The SMILES string of the molecule is CC(=C(F)F)C(Br)C(=O)CCc1ccccc1. The molecule has 1 rings (SSSR count). The van der Waals surface area contributed by atoms with E-state index in [0.717, 1.165) is 5.56 Å². The molecule has 4 heteroatoms. The maximum atomic E-state index is 12.3. The maximum Gasteiger partial charge on any atom is 0.270 e. The van der Waals surface area contributed by atoms with Crippen molar-refractivity contribution >= 4 is 21.7 Å². The van der Waals surface area contributed by atoms with Crippen LogP contribution in [0.3, 0.4) is 0 Å². The molecule has 0 aliphatic carbocycles. The summed E-state index contributed by atoms with van der Waals surface area (Å²) < 4.78 is 24.6. The highest BCUT2D eigenvalue weighted by Gasteiger charge is 2.19. The molecule has 1 aromatic carbocycles. The number of allylic oxidation sites excluding steroid dienone is 1. The van der Waals surface area contributed by atoms with E-state index in [9.17, 15) is 13.6 Å². The number of ketones is 1. The third kappa shape index (κ3) is 4.38. The van der Waals surface area contributed by atoms with E-state index in [2.05, 4.69) is 15.9 Å². The zero-order valence-corrected chi connectivity index (χ0v) is 11.0. The van der Waals surface area contributed by atoms with Gasteiger partial charge in [0, 0.05) is 12.0 Å². The predicted molar refractivity (Wildman–Crippen MR) is 67.4 cm³/mol. The average molecular weight is 303 g/mol. The summed E-state index contributed by atoms with van der Waals surface area (Å²) in [6, 6.07) is 9.49. The molecule has 0 spiro atoms. The second-order valence-corrected chi connectivity index (χ2v) is 4.67. The minimum absolute atomic E-state index is 0.205. The molecule has 0 radical (unpaired) electrons. The van der Waals surface area contributed by atoms with E-state index in [0.29, 0.717) is 6.42 Å². The minimum atomic E-state index is -1.79. The summed E-state index contributed by atoms with van der Waals surface area (Å²) in [5, 5.41) is 0. The van der Waals surface area contributed by atoms with Crippen molar-refractivity contribution in [2.45, 2.75) is 24.6 Å². The molecule has 1 unspecified atom stereocenters. The number of aryl methyl sites for hydroxylation is 1. The molecular formula is C13H13BrF2O. The van der Waals surface area contributed by atoms with Gasteiger partial charge in [0.2, 0.25) is 0 Å². The summed E-state index contributed by atoms with van der Waals surface area (Å²) in [7, 11) is 0. The van der Waals surface area contributed by atoms with E-state index < -0.39 is 10.9 Å². The van der Waals surface area contributed by atoms with Crippen molar-refractivity contribution in [3.8, 4) is 0 Å². The van der Waals surface area contributed by atoms with Gasteiger partial charge in [0.05, 0.1) is 4.83 Å². The second kappa shape index (κ2) is 6.64. The molecule has 1 atom stereocenters. The molecule has 0 fully saturated rings. The lowest BCUT2D eigenvalue weighted by molar-refractivity contribution is -0.117. The fourth-order valence-electron chi connectivity index (χ4n) is 1.38. The fourth-order valence-corrected chi connectivity index (χ4v) is 1.78. The first-order chi connectivity index (χ1) is 8.02. The smallest absolute Gasteiger partial charge is 0.270 e. The van der Waals surface area contributed by atoms with Gasteiger partial charge in [-0.05, 0) is 18.9 Å². The molecule has 1 aromatic rings. The number of carbonyl (C=O) groups is 1. The number of benzene rings is 1. The van der Waals surface area contributed by atoms with Crippen LogP contribution in [0.4, 0.5) is 8.78 Å². The highest BCUT2D eigenvalue weighted by molar-refractivity contribution is 9.10. The first kappa shape index (κ1) is 14.0. The molecule has 0 aromatic heterocycles. The number of hydrogen-bond donors (Lipinski definition) is 0. The van der Waals surface area contributed by atoms with Gasteiger partial charge in [-0.3, -0.25) is 4.79 Å². The number of carbonyl (C=O) groups excluding carboxylic acids is 1. The number of rotatable bonds is 5. The molecule has 1 nitrogen and oxygen atoms in total. The summed E-state index contributed by atoms with van der Waals surface area (Å²) in [5.41, 5.74) is 0.825. The Morgan fingerprint density at radius 2 is 1.88 bits per heavy atom. The summed E-state index contributed by atoms with van der Waals surface area (Å²) in [4.78, 5) is 10.8. The van der Waals surface area contributed by atoms with Crippen LogP contribution in [-0.4, -0.2) is 10.6 Å². The Labute approximate surface area is 108 Å². The van der Waals surface area contributed by atoms with Crippen LogP contribution in [-0.2, 0) is 11.2 Å². The normalized spacial score (nSPS) is 12.0. The molecule has 0 heterocycles. The lowest BCUT2D eigenvalue weighted by atomic mass is 10.0. The molecule has 17 heavy (non-hydrogen) atoms. The van der Waals surface area contributed by atoms with E-state index in [1.807, 2.05) is 30.3 Å². The van der Waals surface area contributed by atoms with Gasteiger partial charge in [-0.2, -0.15) is 8.78 Å². The Bertz CT molecular complexity index is 411. The van der Waals surface area contributed by atoms with Crippen LogP contribution in [0.1, 0.15) is 18.9 Å². The molecule has 0 aliphatic rings. The van der Waals surface area contributed by atoms with Gasteiger partial charge >= 0.3 is 0 Å². The average Bonchev–Trinajstić information content (AvgIpc) is 2.35. The summed E-state index contributed by atoms with van der Waals surface area (Å²) >= 11 is 3.00. The number of Topliss-reactive ketones (excluding diaryl/α,β-unsaturated/α-hetero) is 1. The first-order valence-electron chi connectivity index (χ1n) is 5.25. The number of halogens is 3. The standard InChI is InChI=1S/C13H13BrF2O/c1-9(13(15)16)12(14)11(17)8-7-10-5-3-2-4-6-10/h2-6,12H,7-8H2,1H3. The van der Waals surface area contributed by atoms with Crippen LogP contribution < -0.4 is 0 Å². The van der Waals surface area contributed by atoms with Crippen molar-refractivity contribution in [3.05, 3.63) is 47.5 Å². The van der Waals surface area contributed by atoms with E-state index in [-0.39, 0.29) is 17.8 Å². The monoisotopic (exact) mass is 302 g/mol. The van der Waals surface area contributed by atoms with Crippen LogP contribution in [0.15, 0.2) is 42.0 Å². The van der Waals surface area contributed by atoms with Gasteiger partial charge in [-0.1, -0.05) is 46.3 Å². The van der Waals surface area contributed by atoms with Gasteiger partial charge in [0.15, 0.2) is 5.78 Å². The third-order valence-electron chi connectivity index (χ3n) is 2.46. The van der Waals surface area contributed by atoms with Gasteiger partial charge in [0.1, 0.15) is 0 Å². The van der Waals surface area contributed by atoms with Crippen LogP contribution in [0, 0.1) is 0 Å². The molecule has 0 saturated carbocycles. The first-order valence-corrected chi connectivity index (χ1v) is 6.16. The van der Waals surface area contributed by atoms with Gasteiger partial charge < -0.3 is 0 Å². The van der Waals surface area contributed by atoms with Crippen molar-refractivity contribution in [1.29, 1.82) is 0 Å². The quantitative estimate of drug-likeness (QED) is 0.748. The highest BCUT2D eigenvalue weighted by atomic mass is 79.9. The van der Waals surface area contributed by atoms with Crippen LogP contribution >= 0.6 is 15.9 Å². The molecule has 92 valence electrons. The van der Waals surface area contributed by atoms with Crippen LogP contribution in [0.25, 0.3) is 0 Å². The predicted octanol–water partition coefficient (Wildman–Crippen LogP) is 4.12. The molecule has 0 saturated heterocycles. The molecule has 0 bridgehead atoms. The van der Waals surface area contributed by atoms with Crippen molar-refractivity contribution in [2.75, 3.05) is 0 Å². The Hall–Kier alpha value is -1.03. The van der Waals surface area contributed by atoms with Crippen molar-refractivity contribution < 1.29 is 13.6 Å². The maximum absolute atomic E-state index is 12.3. The summed E-state index contributed by atoms with van der Waals surface area (Å²) in [6.45, 7) is 1.26. The highest BCUT2D eigenvalue weighted by Crippen LogP contribution is 2.20. The molecular weight excluding hydrogens is 290 g/mol. The molecule has 0 amide bonds. The minimum Gasteiger partial charge on any atom is -0.298 e. The Kier molecular flexibility index (Phi) is 5.48. The zero-order chi connectivity index (χ0) is 12.8. The van der Waals surface area contributed by atoms with E-state index in [1.165, 1.54) is 6.92 Å². The zero-order valence-electron chi connectivity index (χ0n) is 9.42. The van der Waals surface area contributed by atoms with E-state index in [4.69, 9.17) is 0 Å². The third-order valence-corrected chi connectivity index (χ3v) is 3.66. The van der Waals surface area contributed by atoms with Crippen molar-refractivity contribution in [2.24, 2.45) is 0 Å². The Morgan fingerprint density at radius 3 is 2.41 bits per heavy atom. The number of hydrogen-bond acceptors (Lipinski definition) is 1. The van der Waals surface area contributed by atoms with Crippen molar-refractivity contribution in [3.63, 3.8) is 0 Å². The lowest BCUT2D eigenvalue weighted by Crippen LogP contribution is -2.16. The van der Waals surface area contributed by atoms with Gasteiger partial charge in [-0.15, -0.1) is 0 Å². The summed E-state index contributed by atoms with van der Waals surface area (Å²) in [6.07, 6.45) is -0.965. The summed E-state index contributed by atoms with van der Waals surface area (Å²) in [5.74, 6) is -0.223.